The number of benzene rings is 2. The van der Waals surface area contributed by atoms with Crippen LogP contribution in [0.15, 0.2) is 65.1 Å². The number of rotatable bonds is 5. The smallest absolute Gasteiger partial charge is 0.416 e. The number of hydrogen-bond acceptors (Lipinski definition) is 3. The summed E-state index contributed by atoms with van der Waals surface area (Å²) in [4.78, 5) is 23.8. The van der Waals surface area contributed by atoms with Crippen molar-refractivity contribution in [3.8, 4) is 11.3 Å². The van der Waals surface area contributed by atoms with Crippen molar-refractivity contribution >= 4 is 11.7 Å². The number of furan rings is 1. The highest BCUT2D eigenvalue weighted by atomic mass is 19.4. The molecule has 1 aromatic heterocycles. The van der Waals surface area contributed by atoms with Crippen molar-refractivity contribution in [2.75, 3.05) is 0 Å². The summed E-state index contributed by atoms with van der Waals surface area (Å²) in [5.41, 5.74) is 0.818. The first-order valence-electron chi connectivity index (χ1n) is 8.84. The fourth-order valence-electron chi connectivity index (χ4n) is 2.82. The van der Waals surface area contributed by atoms with Gasteiger partial charge in [-0.05, 0) is 43.7 Å². The van der Waals surface area contributed by atoms with E-state index in [0.717, 1.165) is 12.1 Å². The fraction of sp³-hybridized carbons (Fsp3) is 0.182. The van der Waals surface area contributed by atoms with Gasteiger partial charge < -0.3 is 9.73 Å². The third-order valence-electron chi connectivity index (χ3n) is 4.47. The number of ketones is 1. The number of nitrogens with one attached hydrogen (secondary N) is 1. The summed E-state index contributed by atoms with van der Waals surface area (Å²) in [7, 11) is 0. The Labute approximate surface area is 165 Å². The van der Waals surface area contributed by atoms with E-state index < -0.39 is 23.7 Å². The fourth-order valence-corrected chi connectivity index (χ4v) is 2.82. The van der Waals surface area contributed by atoms with Crippen LogP contribution in [0.2, 0.25) is 0 Å². The molecule has 1 N–H and O–H groups in total. The molecule has 0 aliphatic heterocycles. The molecular weight excluding hydrogens is 383 g/mol. The van der Waals surface area contributed by atoms with E-state index in [2.05, 4.69) is 5.32 Å². The molecule has 2 aromatic carbocycles. The van der Waals surface area contributed by atoms with Crippen molar-refractivity contribution in [2.24, 2.45) is 0 Å². The van der Waals surface area contributed by atoms with Crippen LogP contribution in [0.1, 0.15) is 51.9 Å². The van der Waals surface area contributed by atoms with Crippen LogP contribution >= 0.6 is 0 Å². The highest BCUT2D eigenvalue weighted by molar-refractivity contribution is 5.94. The van der Waals surface area contributed by atoms with Crippen molar-refractivity contribution in [3.05, 3.63) is 83.1 Å². The molecule has 1 amide bonds. The SMILES string of the molecule is CC(=O)c1ccc(-c2ccc(C(=O)NC(C)c3cccc(C(F)(F)F)c3)o2)cc1. The van der Waals surface area contributed by atoms with Crippen LogP contribution in [0.3, 0.4) is 0 Å². The van der Waals surface area contributed by atoms with E-state index in [9.17, 15) is 22.8 Å². The summed E-state index contributed by atoms with van der Waals surface area (Å²) >= 11 is 0. The third kappa shape index (κ3) is 4.74. The minimum absolute atomic E-state index is 0.0365. The van der Waals surface area contributed by atoms with E-state index in [4.69, 9.17) is 4.42 Å². The minimum atomic E-state index is -4.45. The number of amides is 1. The van der Waals surface area contributed by atoms with Gasteiger partial charge in [0, 0.05) is 11.1 Å². The Morgan fingerprint density at radius 3 is 2.31 bits per heavy atom. The first kappa shape index (κ1) is 20.4. The zero-order valence-electron chi connectivity index (χ0n) is 15.7. The summed E-state index contributed by atoms with van der Waals surface area (Å²) in [6, 6.07) is 14.0. The second-order valence-electron chi connectivity index (χ2n) is 6.62. The molecule has 1 heterocycles. The number of alkyl halides is 3. The van der Waals surface area contributed by atoms with Gasteiger partial charge in [-0.25, -0.2) is 0 Å². The average molecular weight is 401 g/mol. The van der Waals surface area contributed by atoms with E-state index in [0.29, 0.717) is 22.5 Å². The Morgan fingerprint density at radius 1 is 1.00 bits per heavy atom. The maximum absolute atomic E-state index is 12.9. The van der Waals surface area contributed by atoms with E-state index in [-0.39, 0.29) is 11.5 Å². The quantitative estimate of drug-likeness (QED) is 0.561. The lowest BCUT2D eigenvalue weighted by Gasteiger charge is -2.15. The Bertz CT molecular complexity index is 1040. The molecule has 0 aliphatic rings. The molecule has 0 saturated carbocycles. The van der Waals surface area contributed by atoms with Gasteiger partial charge >= 0.3 is 6.18 Å². The van der Waals surface area contributed by atoms with Gasteiger partial charge in [0.25, 0.3) is 5.91 Å². The summed E-state index contributed by atoms with van der Waals surface area (Å²) in [5.74, 6) is -0.118. The lowest BCUT2D eigenvalue weighted by Crippen LogP contribution is -2.26. The van der Waals surface area contributed by atoms with Crippen LogP contribution in [0.5, 0.6) is 0 Å². The second kappa shape index (κ2) is 7.95. The lowest BCUT2D eigenvalue weighted by molar-refractivity contribution is -0.137. The highest BCUT2D eigenvalue weighted by Gasteiger charge is 2.30. The molecule has 29 heavy (non-hydrogen) atoms. The maximum atomic E-state index is 12.9. The molecule has 1 atom stereocenters. The summed E-state index contributed by atoms with van der Waals surface area (Å²) in [6.45, 7) is 3.06. The first-order valence-corrected chi connectivity index (χ1v) is 8.84. The van der Waals surface area contributed by atoms with Gasteiger partial charge in [-0.15, -0.1) is 0 Å². The van der Waals surface area contributed by atoms with Crippen LogP contribution in [0.4, 0.5) is 13.2 Å². The monoisotopic (exact) mass is 401 g/mol. The average Bonchev–Trinajstić information content (AvgIpc) is 3.18. The van der Waals surface area contributed by atoms with Crippen molar-refractivity contribution in [3.63, 3.8) is 0 Å². The number of halogens is 3. The minimum Gasteiger partial charge on any atom is -0.451 e. The molecule has 0 bridgehead atoms. The third-order valence-corrected chi connectivity index (χ3v) is 4.47. The summed E-state index contributed by atoms with van der Waals surface area (Å²) in [6.07, 6.45) is -4.45. The Morgan fingerprint density at radius 2 is 1.69 bits per heavy atom. The predicted molar refractivity (Wildman–Crippen MR) is 101 cm³/mol. The topological polar surface area (TPSA) is 59.3 Å². The largest absolute Gasteiger partial charge is 0.451 e. The molecular formula is C22H18F3NO3. The van der Waals surface area contributed by atoms with Gasteiger partial charge in [-0.1, -0.05) is 36.4 Å². The van der Waals surface area contributed by atoms with E-state index >= 15 is 0 Å². The van der Waals surface area contributed by atoms with Crippen LogP contribution in [0.25, 0.3) is 11.3 Å². The summed E-state index contributed by atoms with van der Waals surface area (Å²) in [5, 5.41) is 2.64. The van der Waals surface area contributed by atoms with Crippen molar-refractivity contribution in [1.29, 1.82) is 0 Å². The van der Waals surface area contributed by atoms with Gasteiger partial charge in [0.2, 0.25) is 0 Å². The van der Waals surface area contributed by atoms with Crippen LogP contribution < -0.4 is 5.32 Å². The molecule has 0 fully saturated rings. The number of hydrogen-bond donors (Lipinski definition) is 1. The lowest BCUT2D eigenvalue weighted by atomic mass is 10.0. The van der Waals surface area contributed by atoms with Gasteiger partial charge in [0.15, 0.2) is 11.5 Å². The van der Waals surface area contributed by atoms with Crippen LogP contribution in [-0.2, 0) is 6.18 Å². The van der Waals surface area contributed by atoms with Gasteiger partial charge in [0.1, 0.15) is 5.76 Å². The second-order valence-corrected chi connectivity index (χ2v) is 6.62. The molecule has 3 aromatic rings. The number of carbonyl (C=O) groups is 2. The number of carbonyl (C=O) groups excluding carboxylic acids is 2. The molecule has 0 radical (unpaired) electrons. The van der Waals surface area contributed by atoms with E-state index in [1.807, 2.05) is 0 Å². The zero-order chi connectivity index (χ0) is 21.2. The molecule has 0 aliphatic carbocycles. The Balaban J connectivity index is 1.72. The Kier molecular flexibility index (Phi) is 5.59. The van der Waals surface area contributed by atoms with E-state index in [1.165, 1.54) is 25.1 Å². The molecule has 0 spiro atoms. The molecule has 7 heteroatoms. The first-order chi connectivity index (χ1) is 13.6. The Hall–Kier alpha value is -3.35. The standard InChI is InChI=1S/C22H18F3NO3/c1-13(17-4-3-5-18(12-17)22(23,24)25)26-21(28)20-11-10-19(29-20)16-8-6-15(7-9-16)14(2)27/h3-13H,1-2H3,(H,26,28). The molecule has 0 saturated heterocycles. The number of Topliss-reactive ketones (excluding diaryl/α,β-unsaturated/α-hetero) is 1. The van der Waals surface area contributed by atoms with Crippen molar-refractivity contribution in [2.45, 2.75) is 26.1 Å². The van der Waals surface area contributed by atoms with Crippen molar-refractivity contribution < 1.29 is 27.2 Å². The van der Waals surface area contributed by atoms with Crippen LogP contribution in [0, 0.1) is 0 Å². The zero-order valence-corrected chi connectivity index (χ0v) is 15.7. The van der Waals surface area contributed by atoms with Crippen molar-refractivity contribution in [1.82, 2.24) is 5.32 Å². The van der Waals surface area contributed by atoms with Gasteiger partial charge in [-0.3, -0.25) is 9.59 Å². The summed E-state index contributed by atoms with van der Waals surface area (Å²) < 4.78 is 44.2. The molecule has 4 nitrogen and oxygen atoms in total. The van der Waals surface area contributed by atoms with Crippen LogP contribution in [-0.4, -0.2) is 11.7 Å². The predicted octanol–water partition coefficient (Wildman–Crippen LogP) is 5.66. The maximum Gasteiger partial charge on any atom is 0.416 e. The highest BCUT2D eigenvalue weighted by Crippen LogP contribution is 2.31. The van der Waals surface area contributed by atoms with E-state index in [1.54, 1.807) is 37.3 Å². The molecule has 150 valence electrons. The van der Waals surface area contributed by atoms with Gasteiger partial charge in [-0.2, -0.15) is 13.2 Å². The van der Waals surface area contributed by atoms with Gasteiger partial charge in [0.05, 0.1) is 11.6 Å². The normalized spacial score (nSPS) is 12.4. The molecule has 1 unspecified atom stereocenters. The molecule has 3 rings (SSSR count).